The Morgan fingerprint density at radius 2 is 0.696 bits per heavy atom. The molecule has 2 nitrogen and oxygen atoms in total. The molecule has 0 fully saturated rings. The first-order valence-corrected chi connectivity index (χ1v) is 29.4. The molecule has 6 heteroatoms. The SMILES string of the molecule is Fc1ccc(-n2c3ccccc3c3cc(C4(c5ccc6c(c5)c5ccccc5n6-c5ccc(F)cc5)c5ccccc5-c5ccc(P(c6ccccc6)c6ccccc6)c(P(c6ccccc6)c6ccccc6)c54)ccc32)cc1. The van der Waals surface area contributed by atoms with Crippen molar-refractivity contribution in [1.82, 2.24) is 9.13 Å². The van der Waals surface area contributed by atoms with Crippen LogP contribution < -0.4 is 31.8 Å². The molecule has 0 aliphatic heterocycles. The van der Waals surface area contributed by atoms with Gasteiger partial charge in [0.05, 0.1) is 27.5 Å². The number of para-hydroxylation sites is 2. The molecule has 79 heavy (non-hydrogen) atoms. The summed E-state index contributed by atoms with van der Waals surface area (Å²) in [6.07, 6.45) is 0. The molecule has 1 aliphatic carbocycles. The van der Waals surface area contributed by atoms with E-state index in [4.69, 9.17) is 0 Å². The number of fused-ring (bicyclic) bond motifs is 9. The van der Waals surface area contributed by atoms with Gasteiger partial charge in [0, 0.05) is 32.9 Å². The van der Waals surface area contributed by atoms with Crippen LogP contribution in [0.3, 0.4) is 0 Å². The Morgan fingerprint density at radius 3 is 1.16 bits per heavy atom. The molecule has 2 heterocycles. The van der Waals surface area contributed by atoms with Crippen LogP contribution >= 0.6 is 15.8 Å². The molecular weight excluding hydrogens is 1000 g/mol. The summed E-state index contributed by atoms with van der Waals surface area (Å²) in [7, 11) is -2.40. The highest BCUT2D eigenvalue weighted by atomic mass is 31.1. The van der Waals surface area contributed by atoms with E-state index in [-0.39, 0.29) is 11.6 Å². The zero-order valence-electron chi connectivity index (χ0n) is 42.8. The molecule has 0 saturated heterocycles. The van der Waals surface area contributed by atoms with Crippen LogP contribution in [0.5, 0.6) is 0 Å². The van der Waals surface area contributed by atoms with Crippen molar-refractivity contribution >= 4 is 91.3 Å². The first-order chi connectivity index (χ1) is 39.0. The first kappa shape index (κ1) is 47.2. The van der Waals surface area contributed by atoms with E-state index < -0.39 is 21.3 Å². The van der Waals surface area contributed by atoms with Gasteiger partial charge in [0.1, 0.15) is 11.6 Å². The maximum atomic E-state index is 14.7. The molecule has 0 atom stereocenters. The second-order valence-electron chi connectivity index (χ2n) is 20.3. The van der Waals surface area contributed by atoms with Gasteiger partial charge in [-0.05, 0) is 166 Å². The standard InChI is InChI=1S/C73H48F2N2P2/c74-51-35-39-53(40-36-51)76-66-31-17-14-28-60(66)63-47-49(33-44-68(63)76)73(50-34-45-69-64(48-50)61-29-15-18-32-67(61)77(69)54-41-37-52(75)38-42-54)65-30-16-13-27-59(65)62-43-46-70(78(55-19-5-1-6-20-55)56-21-7-2-8-22-56)72(71(62)73)79(57-23-9-3-10-24-57)58-25-11-4-12-26-58/h1-48H. The highest BCUT2D eigenvalue weighted by Crippen LogP contribution is 2.59. The van der Waals surface area contributed by atoms with Gasteiger partial charge in [0.2, 0.25) is 0 Å². The van der Waals surface area contributed by atoms with Gasteiger partial charge in [-0.3, -0.25) is 0 Å². The van der Waals surface area contributed by atoms with Gasteiger partial charge in [-0.1, -0.05) is 206 Å². The third-order valence-electron chi connectivity index (χ3n) is 16.1. The van der Waals surface area contributed by atoms with Crippen molar-refractivity contribution in [3.8, 4) is 22.5 Å². The van der Waals surface area contributed by atoms with E-state index in [9.17, 15) is 8.78 Å². The minimum absolute atomic E-state index is 0.269. The summed E-state index contributed by atoms with van der Waals surface area (Å²) >= 11 is 0. The summed E-state index contributed by atoms with van der Waals surface area (Å²) < 4.78 is 33.9. The lowest BCUT2D eigenvalue weighted by Crippen LogP contribution is -2.42. The van der Waals surface area contributed by atoms with E-state index in [2.05, 4.69) is 252 Å². The molecule has 1 aliphatic rings. The number of hydrogen-bond acceptors (Lipinski definition) is 0. The third-order valence-corrected chi connectivity index (χ3v) is 21.3. The van der Waals surface area contributed by atoms with Crippen LogP contribution in [-0.2, 0) is 5.41 Å². The van der Waals surface area contributed by atoms with Crippen LogP contribution in [0.2, 0.25) is 0 Å². The molecule has 14 aromatic rings. The molecule has 0 bridgehead atoms. The Morgan fingerprint density at radius 1 is 0.304 bits per heavy atom. The Hall–Kier alpha value is -9.04. The summed E-state index contributed by atoms with van der Waals surface area (Å²) in [5.41, 5.74) is 12.3. The number of rotatable bonds is 10. The highest BCUT2D eigenvalue weighted by Gasteiger charge is 2.50. The van der Waals surface area contributed by atoms with Crippen molar-refractivity contribution in [2.75, 3.05) is 0 Å². The van der Waals surface area contributed by atoms with Crippen molar-refractivity contribution in [2.45, 2.75) is 5.41 Å². The van der Waals surface area contributed by atoms with E-state index in [0.29, 0.717) is 0 Å². The van der Waals surface area contributed by atoms with Gasteiger partial charge in [-0.25, -0.2) is 8.78 Å². The highest BCUT2D eigenvalue weighted by molar-refractivity contribution is 7.85. The molecule has 15 rings (SSSR count). The summed E-state index contributed by atoms with van der Waals surface area (Å²) in [4.78, 5) is 0. The Balaban J connectivity index is 1.14. The second-order valence-corrected chi connectivity index (χ2v) is 24.6. The van der Waals surface area contributed by atoms with Gasteiger partial charge >= 0.3 is 0 Å². The van der Waals surface area contributed by atoms with Gasteiger partial charge < -0.3 is 9.13 Å². The van der Waals surface area contributed by atoms with Gasteiger partial charge in [-0.2, -0.15) is 0 Å². The number of nitrogens with zero attached hydrogens (tertiary/aromatic N) is 2. The zero-order valence-corrected chi connectivity index (χ0v) is 44.5. The Labute approximate surface area is 459 Å². The molecule has 0 amide bonds. The van der Waals surface area contributed by atoms with Crippen LogP contribution in [-0.4, -0.2) is 9.13 Å². The normalized spacial score (nSPS) is 12.8. The molecule has 2 aromatic heterocycles. The molecule has 0 radical (unpaired) electrons. The van der Waals surface area contributed by atoms with E-state index in [1.54, 1.807) is 24.3 Å². The number of aromatic nitrogens is 2. The zero-order chi connectivity index (χ0) is 52.6. The number of halogens is 2. The smallest absolute Gasteiger partial charge is 0.123 e. The maximum Gasteiger partial charge on any atom is 0.123 e. The fraction of sp³-hybridized carbons (Fsp3) is 0.0137. The lowest BCUT2D eigenvalue weighted by Gasteiger charge is -2.39. The van der Waals surface area contributed by atoms with E-state index in [1.165, 1.54) is 54.1 Å². The lowest BCUT2D eigenvalue weighted by atomic mass is 9.67. The maximum absolute atomic E-state index is 14.7. The monoisotopic (exact) mass is 1050 g/mol. The predicted molar refractivity (Wildman–Crippen MR) is 330 cm³/mol. The summed E-state index contributed by atoms with van der Waals surface area (Å²) in [6, 6.07) is 104. The molecule has 374 valence electrons. The second kappa shape index (κ2) is 19.2. The first-order valence-electron chi connectivity index (χ1n) is 26.7. The minimum atomic E-state index is -1.26. The Bertz CT molecular complexity index is 4370. The fourth-order valence-corrected chi connectivity index (χ4v) is 18.3. The quantitative estimate of drug-likeness (QED) is 0.121. The van der Waals surface area contributed by atoms with Crippen molar-refractivity contribution in [2.24, 2.45) is 0 Å². The van der Waals surface area contributed by atoms with E-state index in [0.717, 1.165) is 66.1 Å². The Kier molecular flexibility index (Phi) is 11.4. The van der Waals surface area contributed by atoms with E-state index in [1.807, 2.05) is 24.3 Å². The number of hydrogen-bond donors (Lipinski definition) is 0. The van der Waals surface area contributed by atoms with Crippen molar-refractivity contribution in [1.29, 1.82) is 0 Å². The van der Waals surface area contributed by atoms with Crippen molar-refractivity contribution < 1.29 is 8.78 Å². The topological polar surface area (TPSA) is 9.86 Å². The molecular formula is C73H48F2N2P2. The van der Waals surface area contributed by atoms with Gasteiger partial charge in [0.15, 0.2) is 0 Å². The van der Waals surface area contributed by atoms with Crippen LogP contribution in [0.4, 0.5) is 8.78 Å². The lowest BCUT2D eigenvalue weighted by molar-refractivity contribution is 0.627. The average Bonchev–Trinajstić information content (AvgIpc) is 3.19. The van der Waals surface area contributed by atoms with Crippen LogP contribution in [0.25, 0.3) is 66.1 Å². The average molecular weight is 1050 g/mol. The molecule has 0 spiro atoms. The molecule has 12 aromatic carbocycles. The predicted octanol–water partition coefficient (Wildman–Crippen LogP) is 16.0. The summed E-state index contributed by atoms with van der Waals surface area (Å²) in [6.45, 7) is 0. The van der Waals surface area contributed by atoms with Crippen LogP contribution in [0.15, 0.2) is 291 Å². The van der Waals surface area contributed by atoms with Crippen molar-refractivity contribution in [3.63, 3.8) is 0 Å². The molecule has 0 saturated carbocycles. The van der Waals surface area contributed by atoms with E-state index >= 15 is 0 Å². The van der Waals surface area contributed by atoms with Crippen LogP contribution in [0, 0.1) is 11.6 Å². The van der Waals surface area contributed by atoms with Crippen molar-refractivity contribution in [3.05, 3.63) is 325 Å². The van der Waals surface area contributed by atoms with Crippen LogP contribution in [0.1, 0.15) is 22.3 Å². The largest absolute Gasteiger partial charge is 0.309 e. The third kappa shape index (κ3) is 7.51. The molecule has 0 N–H and O–H groups in total. The molecule has 0 unspecified atom stereocenters. The summed E-state index contributed by atoms with van der Waals surface area (Å²) in [5.74, 6) is -0.538. The number of benzene rings is 12. The summed E-state index contributed by atoms with van der Waals surface area (Å²) in [5, 5.41) is 12.2. The fourth-order valence-electron chi connectivity index (χ4n) is 12.8. The van der Waals surface area contributed by atoms with Gasteiger partial charge in [0.25, 0.3) is 0 Å². The minimum Gasteiger partial charge on any atom is -0.309 e. The van der Waals surface area contributed by atoms with Gasteiger partial charge in [-0.15, -0.1) is 0 Å².